The minimum atomic E-state index is -0.756. The van der Waals surface area contributed by atoms with Crippen molar-refractivity contribution in [3.63, 3.8) is 0 Å². The van der Waals surface area contributed by atoms with Crippen LogP contribution in [0.5, 0.6) is 0 Å². The highest BCUT2D eigenvalue weighted by atomic mass is 16.4. The van der Waals surface area contributed by atoms with E-state index in [2.05, 4.69) is 16.9 Å². The van der Waals surface area contributed by atoms with E-state index >= 15 is 0 Å². The van der Waals surface area contributed by atoms with Crippen LogP contribution >= 0.6 is 0 Å². The Bertz CT molecular complexity index is 341. The van der Waals surface area contributed by atoms with Crippen molar-refractivity contribution >= 4 is 5.97 Å². The van der Waals surface area contributed by atoms with E-state index in [-0.39, 0.29) is 5.92 Å². The van der Waals surface area contributed by atoms with Gasteiger partial charge in [-0.25, -0.2) is 0 Å². The van der Waals surface area contributed by atoms with Crippen molar-refractivity contribution in [2.45, 2.75) is 39.0 Å². The topological polar surface area (TPSA) is 40.5 Å². The monoisotopic (exact) mass is 249 g/mol. The SMILES string of the molecule is C#CCN(CCC1=CCCCC1)CC(C)C(=O)O. The van der Waals surface area contributed by atoms with E-state index in [1.807, 2.05) is 0 Å². The van der Waals surface area contributed by atoms with Gasteiger partial charge < -0.3 is 5.11 Å². The third kappa shape index (κ3) is 5.37. The highest BCUT2D eigenvalue weighted by Gasteiger charge is 2.16. The van der Waals surface area contributed by atoms with Gasteiger partial charge in [0.15, 0.2) is 0 Å². The Balaban J connectivity index is 2.40. The van der Waals surface area contributed by atoms with Gasteiger partial charge in [-0.2, -0.15) is 0 Å². The summed E-state index contributed by atoms with van der Waals surface area (Å²) in [4.78, 5) is 12.9. The van der Waals surface area contributed by atoms with Crippen molar-refractivity contribution in [2.75, 3.05) is 19.6 Å². The lowest BCUT2D eigenvalue weighted by Crippen LogP contribution is -2.33. The summed E-state index contributed by atoms with van der Waals surface area (Å²) in [5, 5.41) is 8.93. The minimum Gasteiger partial charge on any atom is -0.481 e. The lowest BCUT2D eigenvalue weighted by Gasteiger charge is -2.23. The van der Waals surface area contributed by atoms with Crippen molar-refractivity contribution in [3.8, 4) is 12.3 Å². The van der Waals surface area contributed by atoms with Crippen LogP contribution in [0.4, 0.5) is 0 Å². The number of rotatable bonds is 7. The number of nitrogens with zero attached hydrogens (tertiary/aromatic N) is 1. The highest BCUT2D eigenvalue weighted by molar-refractivity contribution is 5.69. The highest BCUT2D eigenvalue weighted by Crippen LogP contribution is 2.20. The van der Waals surface area contributed by atoms with Gasteiger partial charge in [-0.1, -0.05) is 24.5 Å². The Morgan fingerprint density at radius 2 is 2.39 bits per heavy atom. The fraction of sp³-hybridized carbons (Fsp3) is 0.667. The molecule has 0 aliphatic heterocycles. The van der Waals surface area contributed by atoms with Crippen LogP contribution in [0.2, 0.25) is 0 Å². The predicted molar refractivity (Wildman–Crippen MR) is 73.2 cm³/mol. The Morgan fingerprint density at radius 3 is 2.94 bits per heavy atom. The van der Waals surface area contributed by atoms with Crippen LogP contribution in [-0.2, 0) is 4.79 Å². The van der Waals surface area contributed by atoms with Gasteiger partial charge >= 0.3 is 5.97 Å². The van der Waals surface area contributed by atoms with Crippen molar-refractivity contribution in [2.24, 2.45) is 5.92 Å². The zero-order valence-electron chi connectivity index (χ0n) is 11.2. The maximum Gasteiger partial charge on any atom is 0.307 e. The molecule has 1 aliphatic rings. The second kappa shape index (κ2) is 7.94. The molecule has 1 N–H and O–H groups in total. The van der Waals surface area contributed by atoms with Crippen LogP contribution in [0.3, 0.4) is 0 Å². The third-order valence-corrected chi connectivity index (χ3v) is 3.40. The van der Waals surface area contributed by atoms with Crippen molar-refractivity contribution in [1.82, 2.24) is 4.90 Å². The largest absolute Gasteiger partial charge is 0.481 e. The molecule has 0 radical (unpaired) electrons. The van der Waals surface area contributed by atoms with Crippen molar-refractivity contribution in [1.29, 1.82) is 0 Å². The molecule has 0 aromatic rings. The number of carbonyl (C=O) groups is 1. The Morgan fingerprint density at radius 1 is 1.61 bits per heavy atom. The number of aliphatic carboxylic acids is 1. The number of carboxylic acid groups (broad SMARTS) is 1. The fourth-order valence-corrected chi connectivity index (χ4v) is 2.26. The molecular formula is C15H23NO2. The van der Waals surface area contributed by atoms with Crippen LogP contribution < -0.4 is 0 Å². The molecule has 0 amide bonds. The van der Waals surface area contributed by atoms with Crippen LogP contribution in [0.15, 0.2) is 11.6 Å². The van der Waals surface area contributed by atoms with E-state index < -0.39 is 5.97 Å². The summed E-state index contributed by atoms with van der Waals surface area (Å²) >= 11 is 0. The first-order valence-electron chi connectivity index (χ1n) is 6.70. The molecule has 1 rings (SSSR count). The normalized spacial score (nSPS) is 17.1. The molecule has 0 bridgehead atoms. The smallest absolute Gasteiger partial charge is 0.307 e. The molecule has 1 aliphatic carbocycles. The molecule has 1 unspecified atom stereocenters. The van der Waals surface area contributed by atoms with Crippen molar-refractivity contribution in [3.05, 3.63) is 11.6 Å². The van der Waals surface area contributed by atoms with Gasteiger partial charge in [0, 0.05) is 13.1 Å². The molecule has 3 nitrogen and oxygen atoms in total. The van der Waals surface area contributed by atoms with E-state index in [1.54, 1.807) is 6.92 Å². The molecule has 0 aromatic heterocycles. The van der Waals surface area contributed by atoms with Gasteiger partial charge in [0.25, 0.3) is 0 Å². The summed E-state index contributed by atoms with van der Waals surface area (Å²) in [6.45, 7) is 3.66. The maximum absolute atomic E-state index is 10.9. The first-order chi connectivity index (χ1) is 8.63. The molecule has 0 spiro atoms. The summed E-state index contributed by atoms with van der Waals surface area (Å²) in [6, 6.07) is 0. The van der Waals surface area contributed by atoms with Gasteiger partial charge in [0.1, 0.15) is 0 Å². The summed E-state index contributed by atoms with van der Waals surface area (Å²) in [6.07, 6.45) is 13.7. The van der Waals surface area contributed by atoms with E-state index in [0.29, 0.717) is 13.1 Å². The average molecular weight is 249 g/mol. The molecule has 0 aromatic carbocycles. The van der Waals surface area contributed by atoms with Gasteiger partial charge in [0.05, 0.1) is 12.5 Å². The molecule has 0 saturated heterocycles. The zero-order valence-corrected chi connectivity index (χ0v) is 11.2. The van der Waals surface area contributed by atoms with E-state index in [1.165, 1.54) is 31.3 Å². The third-order valence-electron chi connectivity index (χ3n) is 3.40. The van der Waals surface area contributed by atoms with Crippen molar-refractivity contribution < 1.29 is 9.90 Å². The van der Waals surface area contributed by atoms with Gasteiger partial charge in [-0.15, -0.1) is 6.42 Å². The summed E-state index contributed by atoms with van der Waals surface area (Å²) < 4.78 is 0. The number of terminal acetylenes is 1. The lowest BCUT2D eigenvalue weighted by molar-refractivity contribution is -0.141. The molecule has 0 fully saturated rings. The Labute approximate surface area is 110 Å². The molecule has 18 heavy (non-hydrogen) atoms. The van der Waals surface area contributed by atoms with E-state index in [4.69, 9.17) is 11.5 Å². The number of allylic oxidation sites excluding steroid dienone is 1. The predicted octanol–water partition coefficient (Wildman–Crippen LogP) is 2.53. The molecule has 1 atom stereocenters. The number of hydrogen-bond donors (Lipinski definition) is 1. The fourth-order valence-electron chi connectivity index (χ4n) is 2.26. The second-order valence-corrected chi connectivity index (χ2v) is 5.04. The van der Waals surface area contributed by atoms with Crippen LogP contribution in [0, 0.1) is 18.3 Å². The Kier molecular flexibility index (Phi) is 6.53. The summed E-state index contributed by atoms with van der Waals surface area (Å²) in [5.74, 6) is 1.50. The Hall–Kier alpha value is -1.27. The summed E-state index contributed by atoms with van der Waals surface area (Å²) in [5.41, 5.74) is 1.51. The number of carboxylic acids is 1. The van der Waals surface area contributed by atoms with E-state index in [0.717, 1.165) is 13.0 Å². The molecule has 0 heterocycles. The van der Waals surface area contributed by atoms with Crippen LogP contribution in [-0.4, -0.2) is 35.6 Å². The van der Waals surface area contributed by atoms with Crippen LogP contribution in [0.1, 0.15) is 39.0 Å². The maximum atomic E-state index is 10.9. The first kappa shape index (κ1) is 14.8. The average Bonchev–Trinajstić information content (AvgIpc) is 2.37. The van der Waals surface area contributed by atoms with Gasteiger partial charge in [-0.05, 0) is 32.1 Å². The molecule has 100 valence electrons. The van der Waals surface area contributed by atoms with Gasteiger partial charge in [0.2, 0.25) is 0 Å². The molecular weight excluding hydrogens is 226 g/mol. The standard InChI is InChI=1S/C15H23NO2/c1-3-10-16(12-13(2)15(17)18)11-9-14-7-5-4-6-8-14/h1,7,13H,4-6,8-12H2,2H3,(H,17,18). The van der Waals surface area contributed by atoms with Gasteiger partial charge in [-0.3, -0.25) is 9.69 Å². The minimum absolute atomic E-state index is 0.362. The summed E-state index contributed by atoms with van der Waals surface area (Å²) in [7, 11) is 0. The molecule has 3 heteroatoms. The van der Waals surface area contributed by atoms with Crippen LogP contribution in [0.25, 0.3) is 0 Å². The lowest BCUT2D eigenvalue weighted by atomic mass is 9.97. The number of hydrogen-bond acceptors (Lipinski definition) is 2. The van der Waals surface area contributed by atoms with E-state index in [9.17, 15) is 4.79 Å². The first-order valence-corrected chi connectivity index (χ1v) is 6.70. The molecule has 0 saturated carbocycles. The second-order valence-electron chi connectivity index (χ2n) is 5.04. The quantitative estimate of drug-likeness (QED) is 0.557. The zero-order chi connectivity index (χ0) is 13.4.